The molecule has 0 aliphatic heterocycles. The van der Waals surface area contributed by atoms with E-state index in [0.717, 1.165) is 70.9 Å². The van der Waals surface area contributed by atoms with Crippen LogP contribution in [-0.2, 0) is 11.2 Å². The Morgan fingerprint density at radius 1 is 1.11 bits per heavy atom. The zero-order chi connectivity index (χ0) is 20.3. The lowest BCUT2D eigenvalue weighted by atomic mass is 10.0. The second-order valence-electron chi connectivity index (χ2n) is 7.26. The molecule has 0 amide bonds. The number of hydrogen-bond acceptors (Lipinski definition) is 4. The maximum Gasteiger partial charge on any atom is 0.122 e. The molecule has 28 heavy (non-hydrogen) atoms. The van der Waals surface area contributed by atoms with Crippen LogP contribution in [0.15, 0.2) is 24.4 Å². The van der Waals surface area contributed by atoms with Crippen molar-refractivity contribution >= 4 is 11.0 Å². The third-order valence-corrected chi connectivity index (χ3v) is 5.49. The van der Waals surface area contributed by atoms with Crippen LogP contribution in [0.5, 0.6) is 5.75 Å². The Morgan fingerprint density at radius 3 is 2.54 bits per heavy atom. The van der Waals surface area contributed by atoms with Crippen molar-refractivity contribution in [3.8, 4) is 17.0 Å². The Balaban J connectivity index is 2.21. The molecule has 3 aromatic rings. The molecular formula is C23H31N3O2. The Labute approximate surface area is 167 Å². The van der Waals surface area contributed by atoms with Gasteiger partial charge >= 0.3 is 0 Å². The molecule has 0 N–H and O–H groups in total. The second kappa shape index (κ2) is 8.74. The monoisotopic (exact) mass is 381 g/mol. The van der Waals surface area contributed by atoms with Crippen LogP contribution in [0.3, 0.4) is 0 Å². The van der Waals surface area contributed by atoms with Gasteiger partial charge in [-0.05, 0) is 56.0 Å². The minimum Gasteiger partial charge on any atom is -0.496 e. The number of pyridine rings is 1. The van der Waals surface area contributed by atoms with Gasteiger partial charge in [-0.25, -0.2) is 4.98 Å². The number of aryl methyl sites for hydroxylation is 3. The van der Waals surface area contributed by atoms with E-state index < -0.39 is 0 Å². The van der Waals surface area contributed by atoms with E-state index in [2.05, 4.69) is 50.5 Å². The van der Waals surface area contributed by atoms with Gasteiger partial charge in [0, 0.05) is 37.9 Å². The molecule has 0 spiro atoms. The molecule has 0 radical (unpaired) electrons. The zero-order valence-electron chi connectivity index (χ0n) is 17.9. The van der Waals surface area contributed by atoms with Gasteiger partial charge in [0.15, 0.2) is 0 Å². The summed E-state index contributed by atoms with van der Waals surface area (Å²) in [5.41, 5.74) is 6.42. The van der Waals surface area contributed by atoms with Gasteiger partial charge in [-0.2, -0.15) is 0 Å². The first-order valence-corrected chi connectivity index (χ1v) is 10.1. The number of rotatable bonds is 8. The third kappa shape index (κ3) is 3.63. The van der Waals surface area contributed by atoms with Gasteiger partial charge in [0.05, 0.1) is 18.3 Å². The summed E-state index contributed by atoms with van der Waals surface area (Å²) < 4.78 is 13.2. The van der Waals surface area contributed by atoms with E-state index in [1.54, 1.807) is 14.2 Å². The first kappa shape index (κ1) is 20.3. The van der Waals surface area contributed by atoms with Gasteiger partial charge in [-0.3, -0.25) is 4.98 Å². The van der Waals surface area contributed by atoms with Crippen LogP contribution in [0.25, 0.3) is 22.3 Å². The molecule has 0 bridgehead atoms. The molecule has 0 aliphatic carbocycles. The Kier molecular flexibility index (Phi) is 6.35. The summed E-state index contributed by atoms with van der Waals surface area (Å²) in [6.07, 6.45) is 4.81. The Bertz CT molecular complexity index is 962. The van der Waals surface area contributed by atoms with E-state index in [9.17, 15) is 0 Å². The molecule has 3 rings (SSSR count). The van der Waals surface area contributed by atoms with E-state index in [1.807, 2.05) is 6.20 Å². The predicted octanol–water partition coefficient (Wildman–Crippen LogP) is 5.27. The molecule has 5 nitrogen and oxygen atoms in total. The average molecular weight is 382 g/mol. The lowest BCUT2D eigenvalue weighted by Crippen LogP contribution is -2.13. The molecule has 1 aromatic carbocycles. The van der Waals surface area contributed by atoms with Gasteiger partial charge in [0.1, 0.15) is 17.1 Å². The highest BCUT2D eigenvalue weighted by atomic mass is 16.5. The highest BCUT2D eigenvalue weighted by molar-refractivity contribution is 5.91. The molecular weight excluding hydrogens is 350 g/mol. The minimum absolute atomic E-state index is 0.369. The summed E-state index contributed by atoms with van der Waals surface area (Å²) in [5, 5.41) is 0. The van der Waals surface area contributed by atoms with E-state index in [0.29, 0.717) is 6.04 Å². The molecule has 2 aromatic heterocycles. The standard InChI is InChI=1S/C23H31N3O2/c1-7-17(10-12-27-5)26-19-9-11-24-22(23(19)25-21(26)8-2)18-13-16(4)20(28-6)14-15(18)3/h9,11,13-14,17H,7-8,10,12H2,1-6H3. The Hall–Kier alpha value is -2.40. The first-order chi connectivity index (χ1) is 13.5. The fourth-order valence-electron chi connectivity index (χ4n) is 3.96. The molecule has 0 saturated heterocycles. The smallest absolute Gasteiger partial charge is 0.122 e. The molecule has 1 unspecified atom stereocenters. The fourth-order valence-corrected chi connectivity index (χ4v) is 3.96. The summed E-state index contributed by atoms with van der Waals surface area (Å²) in [6.45, 7) is 9.30. The van der Waals surface area contributed by atoms with E-state index in [-0.39, 0.29) is 0 Å². The van der Waals surface area contributed by atoms with Crippen LogP contribution >= 0.6 is 0 Å². The van der Waals surface area contributed by atoms with Crippen LogP contribution in [0, 0.1) is 13.8 Å². The van der Waals surface area contributed by atoms with Gasteiger partial charge < -0.3 is 14.0 Å². The number of ether oxygens (including phenoxy) is 2. The number of imidazole rings is 1. The summed E-state index contributed by atoms with van der Waals surface area (Å²) in [4.78, 5) is 9.76. The maximum atomic E-state index is 5.48. The number of aromatic nitrogens is 3. The van der Waals surface area contributed by atoms with Gasteiger partial charge in [0.25, 0.3) is 0 Å². The fraction of sp³-hybridized carbons (Fsp3) is 0.478. The van der Waals surface area contributed by atoms with Crippen LogP contribution in [-0.4, -0.2) is 35.4 Å². The molecule has 0 aliphatic rings. The molecule has 0 fully saturated rings. The number of methoxy groups -OCH3 is 2. The topological polar surface area (TPSA) is 49.2 Å². The summed E-state index contributed by atoms with van der Waals surface area (Å²) in [6, 6.07) is 6.69. The SMILES string of the molecule is CCc1nc2c(-c3cc(C)c(OC)cc3C)nccc2n1C(CC)CCOC. The van der Waals surface area contributed by atoms with Crippen LogP contribution in [0.4, 0.5) is 0 Å². The van der Waals surface area contributed by atoms with Crippen molar-refractivity contribution in [2.75, 3.05) is 20.8 Å². The lowest BCUT2D eigenvalue weighted by Gasteiger charge is -2.20. The molecule has 150 valence electrons. The van der Waals surface area contributed by atoms with Crippen LogP contribution in [0.2, 0.25) is 0 Å². The summed E-state index contributed by atoms with van der Waals surface area (Å²) in [7, 11) is 3.47. The normalized spacial score (nSPS) is 12.5. The van der Waals surface area contributed by atoms with Gasteiger partial charge in [-0.15, -0.1) is 0 Å². The van der Waals surface area contributed by atoms with E-state index in [4.69, 9.17) is 19.4 Å². The van der Waals surface area contributed by atoms with E-state index in [1.165, 1.54) is 0 Å². The Morgan fingerprint density at radius 2 is 1.89 bits per heavy atom. The predicted molar refractivity (Wildman–Crippen MR) is 114 cm³/mol. The number of nitrogens with zero attached hydrogens (tertiary/aromatic N) is 3. The molecule has 5 heteroatoms. The third-order valence-electron chi connectivity index (χ3n) is 5.49. The largest absolute Gasteiger partial charge is 0.496 e. The lowest BCUT2D eigenvalue weighted by molar-refractivity contribution is 0.177. The van der Waals surface area contributed by atoms with Crippen molar-refractivity contribution in [1.29, 1.82) is 0 Å². The van der Waals surface area contributed by atoms with Crippen molar-refractivity contribution in [1.82, 2.24) is 14.5 Å². The van der Waals surface area contributed by atoms with Crippen LogP contribution < -0.4 is 4.74 Å². The maximum absolute atomic E-state index is 5.48. The molecule has 1 atom stereocenters. The van der Waals surface area contributed by atoms with Gasteiger partial charge in [-0.1, -0.05) is 13.8 Å². The van der Waals surface area contributed by atoms with Crippen molar-refractivity contribution in [2.45, 2.75) is 53.0 Å². The van der Waals surface area contributed by atoms with E-state index >= 15 is 0 Å². The van der Waals surface area contributed by atoms with Crippen molar-refractivity contribution in [3.63, 3.8) is 0 Å². The number of fused-ring (bicyclic) bond motifs is 1. The van der Waals surface area contributed by atoms with Crippen molar-refractivity contribution < 1.29 is 9.47 Å². The molecule has 2 heterocycles. The highest BCUT2D eigenvalue weighted by Gasteiger charge is 2.21. The number of benzene rings is 1. The molecule has 0 saturated carbocycles. The minimum atomic E-state index is 0.369. The number of hydrogen-bond donors (Lipinski definition) is 0. The first-order valence-electron chi connectivity index (χ1n) is 10.1. The van der Waals surface area contributed by atoms with Crippen molar-refractivity contribution in [3.05, 3.63) is 41.3 Å². The summed E-state index contributed by atoms with van der Waals surface area (Å²) in [5.74, 6) is 2.01. The highest BCUT2D eigenvalue weighted by Crippen LogP contribution is 2.35. The quantitative estimate of drug-likeness (QED) is 0.533. The average Bonchev–Trinajstić information content (AvgIpc) is 3.09. The summed E-state index contributed by atoms with van der Waals surface area (Å²) >= 11 is 0. The zero-order valence-corrected chi connectivity index (χ0v) is 17.9. The van der Waals surface area contributed by atoms with Crippen LogP contribution in [0.1, 0.15) is 49.7 Å². The van der Waals surface area contributed by atoms with Crippen molar-refractivity contribution in [2.24, 2.45) is 0 Å². The van der Waals surface area contributed by atoms with Gasteiger partial charge in [0.2, 0.25) is 0 Å². The second-order valence-corrected chi connectivity index (χ2v) is 7.26.